The molecule has 1 fully saturated rings. The summed E-state index contributed by atoms with van der Waals surface area (Å²) in [5.41, 5.74) is 0. The van der Waals surface area contributed by atoms with E-state index in [2.05, 4.69) is 21.2 Å². The van der Waals surface area contributed by atoms with Crippen LogP contribution in [-0.2, 0) is 4.79 Å². The van der Waals surface area contributed by atoms with Crippen LogP contribution in [0.25, 0.3) is 0 Å². The molecule has 1 N–H and O–H groups in total. The maximum Gasteiger partial charge on any atom is 0.226 e. The Labute approximate surface area is 126 Å². The summed E-state index contributed by atoms with van der Waals surface area (Å²) >= 11 is 9.23. The molecule has 1 saturated heterocycles. The van der Waals surface area contributed by atoms with Crippen LogP contribution in [0, 0.1) is 0 Å². The van der Waals surface area contributed by atoms with Crippen molar-refractivity contribution in [1.82, 2.24) is 10.2 Å². The molecular formula is C13H16BrClN2O2. The number of rotatable bonds is 4. The van der Waals surface area contributed by atoms with Gasteiger partial charge in [0.15, 0.2) is 0 Å². The van der Waals surface area contributed by atoms with Crippen molar-refractivity contribution in [2.45, 2.75) is 6.42 Å². The number of hydrogen-bond acceptors (Lipinski definition) is 3. The number of carbonyl (C=O) groups excluding carboxylic acids is 1. The number of benzene rings is 1. The lowest BCUT2D eigenvalue weighted by molar-refractivity contribution is -0.132. The molecule has 2 rings (SSSR count). The van der Waals surface area contributed by atoms with E-state index in [0.717, 1.165) is 30.7 Å². The van der Waals surface area contributed by atoms with Gasteiger partial charge in [0.1, 0.15) is 5.75 Å². The molecule has 0 atom stereocenters. The molecule has 0 aliphatic carbocycles. The van der Waals surface area contributed by atoms with E-state index in [1.54, 1.807) is 18.2 Å². The Balaban J connectivity index is 1.78. The molecule has 0 bridgehead atoms. The van der Waals surface area contributed by atoms with Gasteiger partial charge < -0.3 is 15.0 Å². The topological polar surface area (TPSA) is 41.6 Å². The van der Waals surface area contributed by atoms with Crippen molar-refractivity contribution in [2.24, 2.45) is 0 Å². The Morgan fingerprint density at radius 1 is 1.42 bits per heavy atom. The first-order valence-electron chi connectivity index (χ1n) is 6.23. The lowest BCUT2D eigenvalue weighted by Gasteiger charge is -2.27. The molecule has 0 spiro atoms. The number of halogens is 2. The lowest BCUT2D eigenvalue weighted by atomic mass is 10.3. The summed E-state index contributed by atoms with van der Waals surface area (Å²) in [6.07, 6.45) is 0.398. The van der Waals surface area contributed by atoms with E-state index < -0.39 is 0 Å². The summed E-state index contributed by atoms with van der Waals surface area (Å²) in [6.45, 7) is 3.68. The number of amides is 1. The van der Waals surface area contributed by atoms with Crippen molar-refractivity contribution >= 4 is 33.4 Å². The predicted octanol–water partition coefficient (Wildman–Crippen LogP) is 2.30. The Bertz CT molecular complexity index is 450. The van der Waals surface area contributed by atoms with Gasteiger partial charge >= 0.3 is 0 Å². The molecule has 0 saturated carbocycles. The number of ether oxygens (including phenoxy) is 1. The van der Waals surface area contributed by atoms with Gasteiger partial charge in [-0.2, -0.15) is 0 Å². The normalized spacial score (nSPS) is 15.4. The summed E-state index contributed by atoms with van der Waals surface area (Å²) in [5, 5.41) is 3.87. The van der Waals surface area contributed by atoms with Crippen LogP contribution in [0.15, 0.2) is 22.7 Å². The SMILES string of the molecule is O=C(CCOc1ccc(Cl)cc1Br)N1CCNCC1. The van der Waals surface area contributed by atoms with Crippen LogP contribution in [0.2, 0.25) is 5.02 Å². The first-order valence-corrected chi connectivity index (χ1v) is 7.40. The van der Waals surface area contributed by atoms with E-state index in [1.807, 2.05) is 4.90 Å². The highest BCUT2D eigenvalue weighted by molar-refractivity contribution is 9.10. The van der Waals surface area contributed by atoms with Crippen LogP contribution in [-0.4, -0.2) is 43.6 Å². The molecule has 0 unspecified atom stereocenters. The highest BCUT2D eigenvalue weighted by atomic mass is 79.9. The second kappa shape index (κ2) is 7.12. The first kappa shape index (κ1) is 14.6. The molecule has 1 aromatic rings. The van der Waals surface area contributed by atoms with Crippen molar-refractivity contribution < 1.29 is 9.53 Å². The lowest BCUT2D eigenvalue weighted by Crippen LogP contribution is -2.46. The van der Waals surface area contributed by atoms with Crippen LogP contribution in [0.5, 0.6) is 5.75 Å². The minimum atomic E-state index is 0.145. The van der Waals surface area contributed by atoms with Gasteiger partial charge in [0, 0.05) is 31.2 Å². The third-order valence-electron chi connectivity index (χ3n) is 2.94. The smallest absolute Gasteiger partial charge is 0.226 e. The molecule has 1 heterocycles. The highest BCUT2D eigenvalue weighted by Gasteiger charge is 2.15. The van der Waals surface area contributed by atoms with Gasteiger partial charge in [0.05, 0.1) is 17.5 Å². The van der Waals surface area contributed by atoms with Gasteiger partial charge in [-0.05, 0) is 34.1 Å². The zero-order valence-electron chi connectivity index (χ0n) is 10.5. The molecule has 104 valence electrons. The van der Waals surface area contributed by atoms with Gasteiger partial charge in [-0.3, -0.25) is 4.79 Å². The number of carbonyl (C=O) groups is 1. The molecular weight excluding hydrogens is 332 g/mol. The zero-order valence-corrected chi connectivity index (χ0v) is 12.8. The maximum atomic E-state index is 11.9. The summed E-state index contributed by atoms with van der Waals surface area (Å²) in [4.78, 5) is 13.8. The number of hydrogen-bond donors (Lipinski definition) is 1. The largest absolute Gasteiger partial charge is 0.492 e. The van der Waals surface area contributed by atoms with E-state index in [1.165, 1.54) is 0 Å². The number of nitrogens with zero attached hydrogens (tertiary/aromatic N) is 1. The minimum absolute atomic E-state index is 0.145. The fourth-order valence-electron chi connectivity index (χ4n) is 1.91. The first-order chi connectivity index (χ1) is 9.16. The molecule has 1 aromatic carbocycles. The van der Waals surface area contributed by atoms with Crippen LogP contribution in [0.3, 0.4) is 0 Å². The second-order valence-electron chi connectivity index (χ2n) is 4.30. The van der Waals surface area contributed by atoms with Crippen molar-refractivity contribution in [1.29, 1.82) is 0 Å². The number of nitrogens with one attached hydrogen (secondary N) is 1. The van der Waals surface area contributed by atoms with Crippen molar-refractivity contribution in [3.05, 3.63) is 27.7 Å². The van der Waals surface area contributed by atoms with Crippen molar-refractivity contribution in [3.63, 3.8) is 0 Å². The third-order valence-corrected chi connectivity index (χ3v) is 3.79. The van der Waals surface area contributed by atoms with Gasteiger partial charge in [-0.1, -0.05) is 11.6 Å². The maximum absolute atomic E-state index is 11.9. The van der Waals surface area contributed by atoms with Gasteiger partial charge in [0.25, 0.3) is 0 Å². The molecule has 0 radical (unpaired) electrons. The fourth-order valence-corrected chi connectivity index (χ4v) is 2.71. The number of piperazine rings is 1. The Kier molecular flexibility index (Phi) is 5.48. The Morgan fingerprint density at radius 2 is 2.16 bits per heavy atom. The van der Waals surface area contributed by atoms with Crippen LogP contribution >= 0.6 is 27.5 Å². The predicted molar refractivity (Wildman–Crippen MR) is 78.7 cm³/mol. The molecule has 1 amide bonds. The van der Waals surface area contributed by atoms with Crippen molar-refractivity contribution in [3.8, 4) is 5.75 Å². The van der Waals surface area contributed by atoms with Crippen LogP contribution < -0.4 is 10.1 Å². The Hall–Kier alpha value is -0.780. The second-order valence-corrected chi connectivity index (χ2v) is 5.59. The summed E-state index contributed by atoms with van der Waals surface area (Å²) in [6, 6.07) is 5.33. The van der Waals surface area contributed by atoms with Gasteiger partial charge in [-0.15, -0.1) is 0 Å². The molecule has 1 aliphatic heterocycles. The molecule has 19 heavy (non-hydrogen) atoms. The van der Waals surface area contributed by atoms with E-state index in [4.69, 9.17) is 16.3 Å². The van der Waals surface area contributed by atoms with E-state index in [9.17, 15) is 4.79 Å². The quantitative estimate of drug-likeness (QED) is 0.909. The Morgan fingerprint density at radius 3 is 2.84 bits per heavy atom. The standard InChI is InChI=1S/C13H16BrClN2O2/c14-11-9-10(15)1-2-12(11)19-8-3-13(18)17-6-4-16-5-7-17/h1-2,9,16H,3-8H2. The molecule has 4 nitrogen and oxygen atoms in total. The monoisotopic (exact) mass is 346 g/mol. The van der Waals surface area contributed by atoms with E-state index in [0.29, 0.717) is 23.8 Å². The summed E-state index contributed by atoms with van der Waals surface area (Å²) in [7, 11) is 0. The zero-order chi connectivity index (χ0) is 13.7. The average Bonchev–Trinajstić information content (AvgIpc) is 2.42. The van der Waals surface area contributed by atoms with Crippen LogP contribution in [0.4, 0.5) is 0 Å². The summed E-state index contributed by atoms with van der Waals surface area (Å²) < 4.78 is 6.39. The van der Waals surface area contributed by atoms with E-state index in [-0.39, 0.29) is 5.91 Å². The minimum Gasteiger partial charge on any atom is -0.492 e. The molecule has 0 aromatic heterocycles. The summed E-state index contributed by atoms with van der Waals surface area (Å²) in [5.74, 6) is 0.851. The van der Waals surface area contributed by atoms with Crippen LogP contribution in [0.1, 0.15) is 6.42 Å². The van der Waals surface area contributed by atoms with E-state index >= 15 is 0 Å². The third kappa shape index (κ3) is 4.37. The van der Waals surface area contributed by atoms with Gasteiger partial charge in [-0.25, -0.2) is 0 Å². The highest BCUT2D eigenvalue weighted by Crippen LogP contribution is 2.27. The average molecular weight is 348 g/mol. The fraction of sp³-hybridized carbons (Fsp3) is 0.462. The van der Waals surface area contributed by atoms with Crippen molar-refractivity contribution in [2.75, 3.05) is 32.8 Å². The molecule has 1 aliphatic rings. The molecule has 6 heteroatoms. The van der Waals surface area contributed by atoms with Gasteiger partial charge in [0.2, 0.25) is 5.91 Å².